The summed E-state index contributed by atoms with van der Waals surface area (Å²) in [5.41, 5.74) is -0.671. The molecule has 0 aliphatic heterocycles. The maximum absolute atomic E-state index is 12.9. The van der Waals surface area contributed by atoms with Crippen LogP contribution in [0.2, 0.25) is 20.1 Å². The van der Waals surface area contributed by atoms with Gasteiger partial charge in [0.2, 0.25) is 5.91 Å². The van der Waals surface area contributed by atoms with Crippen molar-refractivity contribution < 1.29 is 24.0 Å². The average Bonchev–Trinajstić information content (AvgIpc) is 3.17. The summed E-state index contributed by atoms with van der Waals surface area (Å²) in [6.45, 7) is 1.70. The molecule has 3 rings (SSSR count). The van der Waals surface area contributed by atoms with E-state index >= 15 is 0 Å². The van der Waals surface area contributed by atoms with E-state index in [-0.39, 0.29) is 26.7 Å². The van der Waals surface area contributed by atoms with Crippen molar-refractivity contribution in [2.75, 3.05) is 16.4 Å². The van der Waals surface area contributed by atoms with Gasteiger partial charge in [-0.15, -0.1) is 11.8 Å². The first-order valence-electron chi connectivity index (χ1n) is 8.95. The van der Waals surface area contributed by atoms with Crippen molar-refractivity contribution in [2.45, 2.75) is 11.8 Å². The highest BCUT2D eigenvalue weighted by atomic mass is 35.5. The number of aryl methyl sites for hydroxylation is 1. The first-order valence-corrected chi connectivity index (χ1v) is 11.4. The Morgan fingerprint density at radius 3 is 2.27 bits per heavy atom. The number of carbonyl (C=O) groups excluding carboxylic acids is 2. The highest BCUT2D eigenvalue weighted by Crippen LogP contribution is 2.41. The molecule has 1 heterocycles. The largest absolute Gasteiger partial charge is 0.478 e. The third-order valence-electron chi connectivity index (χ3n) is 4.07. The summed E-state index contributed by atoms with van der Waals surface area (Å²) in [6.07, 6.45) is 0. The number of carbonyl (C=O) groups is 3. The molecule has 13 heteroatoms. The average molecular weight is 549 g/mol. The Morgan fingerprint density at radius 1 is 1.00 bits per heavy atom. The normalized spacial score (nSPS) is 10.7. The Hall–Kier alpha value is -2.43. The SMILES string of the molecule is Cc1cc(NC(=O)CSc2cccc(NC(=O)c3c(Cl)c(Cl)c(Cl)c(Cl)c3C(=O)O)c2)no1. The number of nitrogens with one attached hydrogen (secondary N) is 2. The van der Waals surface area contributed by atoms with Gasteiger partial charge in [0.15, 0.2) is 5.82 Å². The lowest BCUT2D eigenvalue weighted by Crippen LogP contribution is -2.18. The lowest BCUT2D eigenvalue weighted by molar-refractivity contribution is -0.113. The first kappa shape index (κ1) is 25.2. The van der Waals surface area contributed by atoms with Crippen molar-refractivity contribution in [3.8, 4) is 0 Å². The minimum atomic E-state index is -1.50. The molecule has 0 radical (unpaired) electrons. The third kappa shape index (κ3) is 5.93. The standard InChI is InChI=1S/C20H13Cl4N3O5S/c1-8-5-11(27-32-8)26-12(28)7-33-10-4-2-3-9(6-10)25-19(29)13-14(20(30)31)16(22)18(24)17(23)15(13)21/h2-6H,7H2,1H3,(H,25,29)(H,30,31)(H,26,27,28). The Balaban J connectivity index is 1.75. The van der Waals surface area contributed by atoms with E-state index in [1.807, 2.05) is 0 Å². The second-order valence-corrected chi connectivity index (χ2v) is 9.01. The summed E-state index contributed by atoms with van der Waals surface area (Å²) in [5, 5.41) is 17.1. The monoisotopic (exact) mass is 547 g/mol. The number of aromatic nitrogens is 1. The number of rotatable bonds is 7. The zero-order valence-electron chi connectivity index (χ0n) is 16.5. The lowest BCUT2D eigenvalue weighted by atomic mass is 10.1. The quantitative estimate of drug-likeness (QED) is 0.180. The van der Waals surface area contributed by atoms with Crippen LogP contribution in [-0.4, -0.2) is 33.8 Å². The minimum absolute atomic E-state index is 0.0701. The summed E-state index contributed by atoms with van der Waals surface area (Å²) in [5.74, 6) is -1.70. The van der Waals surface area contributed by atoms with Gasteiger partial charge in [-0.1, -0.05) is 57.6 Å². The third-order valence-corrected chi connectivity index (χ3v) is 6.86. The molecule has 0 saturated heterocycles. The molecule has 3 N–H and O–H groups in total. The smallest absolute Gasteiger partial charge is 0.338 e. The van der Waals surface area contributed by atoms with Crippen LogP contribution in [0.25, 0.3) is 0 Å². The zero-order valence-corrected chi connectivity index (χ0v) is 20.4. The van der Waals surface area contributed by atoms with Crippen molar-refractivity contribution in [3.63, 3.8) is 0 Å². The molecular formula is C20H13Cl4N3O5S. The van der Waals surface area contributed by atoms with E-state index in [1.54, 1.807) is 37.3 Å². The van der Waals surface area contributed by atoms with Gasteiger partial charge in [-0.2, -0.15) is 0 Å². The zero-order chi connectivity index (χ0) is 24.3. The van der Waals surface area contributed by atoms with Crippen molar-refractivity contribution in [2.24, 2.45) is 0 Å². The van der Waals surface area contributed by atoms with Gasteiger partial charge in [-0.3, -0.25) is 9.59 Å². The molecule has 3 aromatic rings. The molecule has 0 aliphatic carbocycles. The second-order valence-electron chi connectivity index (χ2n) is 6.45. The Morgan fingerprint density at radius 2 is 1.67 bits per heavy atom. The maximum Gasteiger partial charge on any atom is 0.338 e. The van der Waals surface area contributed by atoms with Crippen LogP contribution >= 0.6 is 58.2 Å². The molecule has 0 unspecified atom stereocenters. The molecule has 0 fully saturated rings. The predicted octanol–water partition coefficient (Wildman–Crippen LogP) is 6.28. The first-order chi connectivity index (χ1) is 15.6. The molecule has 0 aliphatic rings. The van der Waals surface area contributed by atoms with E-state index in [0.717, 1.165) is 0 Å². The van der Waals surface area contributed by atoms with Crippen molar-refractivity contribution >= 4 is 87.5 Å². The molecule has 1 aromatic heterocycles. The van der Waals surface area contributed by atoms with Gasteiger partial charge in [0.1, 0.15) is 5.76 Å². The molecule has 33 heavy (non-hydrogen) atoms. The highest BCUT2D eigenvalue weighted by molar-refractivity contribution is 8.00. The summed E-state index contributed by atoms with van der Waals surface area (Å²) in [7, 11) is 0. The van der Waals surface area contributed by atoms with Crippen LogP contribution in [0.1, 0.15) is 26.5 Å². The fourth-order valence-corrected chi connectivity index (χ4v) is 4.43. The number of halogens is 4. The fourth-order valence-electron chi connectivity index (χ4n) is 2.66. The number of benzene rings is 2. The van der Waals surface area contributed by atoms with Crippen LogP contribution < -0.4 is 10.6 Å². The summed E-state index contributed by atoms with van der Waals surface area (Å²) in [6, 6.07) is 8.15. The van der Waals surface area contributed by atoms with Gasteiger partial charge in [0.05, 0.1) is 37.0 Å². The molecule has 172 valence electrons. The van der Waals surface area contributed by atoms with Crippen molar-refractivity contribution in [1.29, 1.82) is 0 Å². The number of hydrogen-bond acceptors (Lipinski definition) is 6. The van der Waals surface area contributed by atoms with E-state index in [0.29, 0.717) is 22.2 Å². The highest BCUT2D eigenvalue weighted by Gasteiger charge is 2.29. The minimum Gasteiger partial charge on any atom is -0.478 e. The van der Waals surface area contributed by atoms with Gasteiger partial charge in [0.25, 0.3) is 5.91 Å². The number of nitrogens with zero attached hydrogens (tertiary/aromatic N) is 1. The van der Waals surface area contributed by atoms with Gasteiger partial charge < -0.3 is 20.3 Å². The Bertz CT molecular complexity index is 1260. The molecule has 0 spiro atoms. The number of aromatic carboxylic acids is 1. The summed E-state index contributed by atoms with van der Waals surface area (Å²) in [4.78, 5) is 37.3. The Kier molecular flexibility index (Phi) is 8.14. The molecular weight excluding hydrogens is 536 g/mol. The van der Waals surface area contributed by atoms with Gasteiger partial charge >= 0.3 is 5.97 Å². The maximum atomic E-state index is 12.9. The van der Waals surface area contributed by atoms with E-state index in [1.165, 1.54) is 11.8 Å². The molecule has 8 nitrogen and oxygen atoms in total. The summed E-state index contributed by atoms with van der Waals surface area (Å²) < 4.78 is 4.89. The van der Waals surface area contributed by atoms with Crippen molar-refractivity contribution in [1.82, 2.24) is 5.16 Å². The van der Waals surface area contributed by atoms with Crippen LogP contribution in [0.15, 0.2) is 39.8 Å². The topological polar surface area (TPSA) is 122 Å². The number of carboxylic acid groups (broad SMARTS) is 1. The number of hydrogen-bond donors (Lipinski definition) is 3. The van der Waals surface area contributed by atoms with Crippen LogP contribution in [0.3, 0.4) is 0 Å². The predicted molar refractivity (Wildman–Crippen MR) is 128 cm³/mol. The van der Waals surface area contributed by atoms with E-state index in [9.17, 15) is 19.5 Å². The van der Waals surface area contributed by atoms with Crippen LogP contribution in [0.4, 0.5) is 11.5 Å². The molecule has 2 aromatic carbocycles. The lowest BCUT2D eigenvalue weighted by Gasteiger charge is -2.14. The van der Waals surface area contributed by atoms with E-state index in [2.05, 4.69) is 15.8 Å². The fraction of sp³-hybridized carbons (Fsp3) is 0.100. The number of thioether (sulfide) groups is 1. The number of amides is 2. The van der Waals surface area contributed by atoms with Gasteiger partial charge in [-0.05, 0) is 25.1 Å². The van der Waals surface area contributed by atoms with Crippen LogP contribution in [0.5, 0.6) is 0 Å². The van der Waals surface area contributed by atoms with Crippen LogP contribution in [-0.2, 0) is 4.79 Å². The molecule has 0 atom stereocenters. The molecule has 0 saturated carbocycles. The second kappa shape index (κ2) is 10.7. The van der Waals surface area contributed by atoms with E-state index in [4.69, 9.17) is 50.9 Å². The van der Waals surface area contributed by atoms with Gasteiger partial charge in [-0.25, -0.2) is 4.79 Å². The molecule has 2 amide bonds. The van der Waals surface area contributed by atoms with Crippen LogP contribution in [0, 0.1) is 6.92 Å². The summed E-state index contributed by atoms with van der Waals surface area (Å²) >= 11 is 25.2. The number of carboxylic acids is 1. The van der Waals surface area contributed by atoms with Gasteiger partial charge in [0, 0.05) is 16.6 Å². The van der Waals surface area contributed by atoms with E-state index < -0.39 is 28.0 Å². The molecule has 0 bridgehead atoms. The van der Waals surface area contributed by atoms with Crippen molar-refractivity contribution in [3.05, 3.63) is 67.3 Å². The number of anilines is 2. The Labute approximate surface area is 211 Å².